The monoisotopic (exact) mass is 249 g/mol. The highest BCUT2D eigenvalue weighted by molar-refractivity contribution is 7.14. The fourth-order valence-electron chi connectivity index (χ4n) is 1.63. The van der Waals surface area contributed by atoms with Crippen LogP contribution >= 0.6 is 11.3 Å². The van der Waals surface area contributed by atoms with Crippen molar-refractivity contribution in [3.8, 4) is 0 Å². The molecule has 0 aliphatic heterocycles. The zero-order chi connectivity index (χ0) is 12.3. The van der Waals surface area contributed by atoms with Crippen LogP contribution in [0.2, 0.25) is 0 Å². The molecule has 2 heterocycles. The standard InChI is InChI=1S/C12H15N3OS/c1-3-7-15-10(8-13-14-15)12(16)11-6-5-9(4-2)17-11/h5-6,8H,3-4,7H2,1-2H3. The maximum absolute atomic E-state index is 12.2. The average Bonchev–Trinajstić information content (AvgIpc) is 2.97. The summed E-state index contributed by atoms with van der Waals surface area (Å²) >= 11 is 1.55. The topological polar surface area (TPSA) is 47.8 Å². The Kier molecular flexibility index (Phi) is 3.68. The van der Waals surface area contributed by atoms with Gasteiger partial charge in [0.15, 0.2) is 0 Å². The number of nitrogens with zero attached hydrogens (tertiary/aromatic N) is 3. The van der Waals surface area contributed by atoms with E-state index in [0.29, 0.717) is 5.69 Å². The summed E-state index contributed by atoms with van der Waals surface area (Å²) in [6.07, 6.45) is 3.45. The lowest BCUT2D eigenvalue weighted by atomic mass is 10.2. The van der Waals surface area contributed by atoms with Gasteiger partial charge in [0, 0.05) is 11.4 Å². The highest BCUT2D eigenvalue weighted by atomic mass is 32.1. The lowest BCUT2D eigenvalue weighted by Gasteiger charge is -2.01. The van der Waals surface area contributed by atoms with Crippen LogP contribution in [-0.4, -0.2) is 20.8 Å². The summed E-state index contributed by atoms with van der Waals surface area (Å²) in [5.41, 5.74) is 0.580. The normalized spacial score (nSPS) is 10.7. The predicted molar refractivity (Wildman–Crippen MR) is 67.4 cm³/mol. The number of aryl methyl sites for hydroxylation is 2. The van der Waals surface area contributed by atoms with E-state index in [-0.39, 0.29) is 5.78 Å². The number of ketones is 1. The number of carbonyl (C=O) groups excluding carboxylic acids is 1. The van der Waals surface area contributed by atoms with E-state index in [9.17, 15) is 4.79 Å². The highest BCUT2D eigenvalue weighted by Gasteiger charge is 2.16. The van der Waals surface area contributed by atoms with E-state index in [1.54, 1.807) is 22.2 Å². The first-order valence-electron chi connectivity index (χ1n) is 5.78. The van der Waals surface area contributed by atoms with Crippen LogP contribution in [0.25, 0.3) is 0 Å². The largest absolute Gasteiger partial charge is 0.286 e. The maximum atomic E-state index is 12.2. The summed E-state index contributed by atoms with van der Waals surface area (Å²) in [4.78, 5) is 14.2. The van der Waals surface area contributed by atoms with Gasteiger partial charge in [0.1, 0.15) is 5.69 Å². The van der Waals surface area contributed by atoms with Crippen molar-refractivity contribution < 1.29 is 4.79 Å². The quantitative estimate of drug-likeness (QED) is 0.765. The molecule has 0 saturated heterocycles. The minimum atomic E-state index is 0.0214. The molecule has 90 valence electrons. The van der Waals surface area contributed by atoms with Crippen molar-refractivity contribution in [1.29, 1.82) is 0 Å². The van der Waals surface area contributed by atoms with Gasteiger partial charge < -0.3 is 0 Å². The van der Waals surface area contributed by atoms with Crippen LogP contribution in [0.4, 0.5) is 0 Å². The van der Waals surface area contributed by atoms with E-state index in [1.165, 1.54) is 4.88 Å². The molecule has 0 aromatic carbocycles. The van der Waals surface area contributed by atoms with Gasteiger partial charge >= 0.3 is 0 Å². The van der Waals surface area contributed by atoms with E-state index in [1.807, 2.05) is 12.1 Å². The van der Waals surface area contributed by atoms with Crippen molar-refractivity contribution in [2.45, 2.75) is 33.2 Å². The van der Waals surface area contributed by atoms with E-state index in [4.69, 9.17) is 0 Å². The Morgan fingerprint density at radius 2 is 2.24 bits per heavy atom. The zero-order valence-electron chi connectivity index (χ0n) is 10.0. The molecule has 0 N–H and O–H groups in total. The van der Waals surface area contributed by atoms with Gasteiger partial charge in [-0.05, 0) is 25.0 Å². The third kappa shape index (κ3) is 2.44. The summed E-state index contributed by atoms with van der Waals surface area (Å²) < 4.78 is 1.67. The molecular formula is C12H15N3OS. The van der Waals surface area contributed by atoms with Gasteiger partial charge in [0.05, 0.1) is 11.1 Å². The molecular weight excluding hydrogens is 234 g/mol. The molecule has 0 aliphatic rings. The van der Waals surface area contributed by atoms with Crippen LogP contribution in [0, 0.1) is 0 Å². The molecule has 0 unspecified atom stereocenters. The van der Waals surface area contributed by atoms with Crippen LogP contribution < -0.4 is 0 Å². The Morgan fingerprint density at radius 1 is 1.41 bits per heavy atom. The van der Waals surface area contributed by atoms with Crippen molar-refractivity contribution in [3.63, 3.8) is 0 Å². The van der Waals surface area contributed by atoms with Gasteiger partial charge in [0.25, 0.3) is 0 Å². The summed E-state index contributed by atoms with van der Waals surface area (Å²) in [6, 6.07) is 3.89. The van der Waals surface area contributed by atoms with Gasteiger partial charge in [0.2, 0.25) is 5.78 Å². The summed E-state index contributed by atoms with van der Waals surface area (Å²) in [5.74, 6) is 0.0214. The van der Waals surface area contributed by atoms with Crippen molar-refractivity contribution >= 4 is 17.1 Å². The zero-order valence-corrected chi connectivity index (χ0v) is 10.8. The van der Waals surface area contributed by atoms with Crippen LogP contribution in [-0.2, 0) is 13.0 Å². The SMILES string of the molecule is CCCn1nncc1C(=O)c1ccc(CC)s1. The van der Waals surface area contributed by atoms with Gasteiger partial charge in [-0.2, -0.15) is 0 Å². The molecule has 2 rings (SSSR count). The Morgan fingerprint density at radius 3 is 2.88 bits per heavy atom. The highest BCUT2D eigenvalue weighted by Crippen LogP contribution is 2.20. The first-order valence-corrected chi connectivity index (χ1v) is 6.59. The summed E-state index contributed by atoms with van der Waals surface area (Å²) in [6.45, 7) is 4.87. The second kappa shape index (κ2) is 5.23. The molecule has 0 amide bonds. The molecule has 0 aliphatic carbocycles. The lowest BCUT2D eigenvalue weighted by molar-refractivity contribution is 0.103. The van der Waals surface area contributed by atoms with E-state index in [2.05, 4.69) is 24.2 Å². The molecule has 5 heteroatoms. The number of thiophene rings is 1. The number of hydrogen-bond acceptors (Lipinski definition) is 4. The van der Waals surface area contributed by atoms with Crippen LogP contribution in [0.15, 0.2) is 18.3 Å². The summed E-state index contributed by atoms with van der Waals surface area (Å²) in [7, 11) is 0. The van der Waals surface area contributed by atoms with Crippen LogP contribution in [0.3, 0.4) is 0 Å². The second-order valence-corrected chi connectivity index (χ2v) is 4.96. The molecule has 17 heavy (non-hydrogen) atoms. The fourth-order valence-corrected chi connectivity index (χ4v) is 2.52. The third-order valence-electron chi connectivity index (χ3n) is 2.52. The van der Waals surface area contributed by atoms with E-state index < -0.39 is 0 Å². The summed E-state index contributed by atoms with van der Waals surface area (Å²) in [5, 5.41) is 7.74. The molecule has 0 radical (unpaired) electrons. The Hall–Kier alpha value is -1.49. The Labute approximate surface area is 104 Å². The third-order valence-corrected chi connectivity index (χ3v) is 3.75. The minimum absolute atomic E-state index is 0.0214. The van der Waals surface area contributed by atoms with Gasteiger partial charge in [-0.1, -0.05) is 19.1 Å². The molecule has 2 aromatic rings. The van der Waals surface area contributed by atoms with E-state index in [0.717, 1.165) is 24.3 Å². The smallest absolute Gasteiger partial charge is 0.222 e. The van der Waals surface area contributed by atoms with Crippen molar-refractivity contribution in [3.05, 3.63) is 33.8 Å². The van der Waals surface area contributed by atoms with Crippen LogP contribution in [0.1, 0.15) is 40.5 Å². The molecule has 4 nitrogen and oxygen atoms in total. The first-order chi connectivity index (χ1) is 8.26. The number of hydrogen-bond donors (Lipinski definition) is 0. The average molecular weight is 249 g/mol. The lowest BCUT2D eigenvalue weighted by Crippen LogP contribution is -2.10. The maximum Gasteiger partial charge on any atom is 0.222 e. The molecule has 2 aromatic heterocycles. The molecule has 0 bridgehead atoms. The predicted octanol–water partition coefficient (Wildman–Crippen LogP) is 2.54. The first kappa shape index (κ1) is 12.0. The molecule has 0 saturated carbocycles. The van der Waals surface area contributed by atoms with Gasteiger partial charge in [-0.25, -0.2) is 4.68 Å². The number of carbonyl (C=O) groups is 1. The second-order valence-electron chi connectivity index (χ2n) is 3.79. The van der Waals surface area contributed by atoms with Gasteiger partial charge in [-0.15, -0.1) is 16.4 Å². The van der Waals surface area contributed by atoms with Crippen molar-refractivity contribution in [2.75, 3.05) is 0 Å². The van der Waals surface area contributed by atoms with Gasteiger partial charge in [-0.3, -0.25) is 4.79 Å². The number of aromatic nitrogens is 3. The molecule has 0 atom stereocenters. The molecule has 0 fully saturated rings. The van der Waals surface area contributed by atoms with Crippen molar-refractivity contribution in [1.82, 2.24) is 15.0 Å². The molecule has 0 spiro atoms. The Balaban J connectivity index is 2.27. The minimum Gasteiger partial charge on any atom is -0.286 e. The fraction of sp³-hybridized carbons (Fsp3) is 0.417. The van der Waals surface area contributed by atoms with Crippen LogP contribution in [0.5, 0.6) is 0 Å². The van der Waals surface area contributed by atoms with Crippen molar-refractivity contribution in [2.24, 2.45) is 0 Å². The number of rotatable bonds is 5. The van der Waals surface area contributed by atoms with E-state index >= 15 is 0 Å². The Bertz CT molecular complexity index is 515.